The molecule has 0 aliphatic carbocycles. The Morgan fingerprint density at radius 3 is 2.00 bits per heavy atom. The molecule has 0 heterocycles. The number of ether oxygens (including phenoxy) is 2. The van der Waals surface area contributed by atoms with Crippen molar-refractivity contribution < 1.29 is 9.47 Å². The molecule has 0 amide bonds. The smallest absolute Gasteiger partial charge is 0.165 e. The lowest BCUT2D eigenvalue weighted by Crippen LogP contribution is -2.32. The van der Waals surface area contributed by atoms with Gasteiger partial charge in [0.15, 0.2) is 5.79 Å². The van der Waals surface area contributed by atoms with Crippen LogP contribution in [0.2, 0.25) is 0 Å². The van der Waals surface area contributed by atoms with E-state index in [-0.39, 0.29) is 5.79 Å². The normalized spacial score (nSPS) is 13.6. The Morgan fingerprint density at radius 2 is 1.48 bits per heavy atom. The Hall–Kier alpha value is -0.120. The van der Waals surface area contributed by atoms with Gasteiger partial charge in [-0.2, -0.15) is 0 Å². The number of unbranched alkanes of at least 4 members (excludes halogenated alkanes) is 2. The predicted octanol–water partition coefficient (Wildman–Crippen LogP) is 4.88. The second-order valence-electron chi connectivity index (χ2n) is 6.18. The zero-order valence-electron chi connectivity index (χ0n) is 15.0. The molecule has 0 aliphatic rings. The molecule has 1 atom stereocenters. The summed E-state index contributed by atoms with van der Waals surface area (Å²) in [6.45, 7) is 10.7. The van der Waals surface area contributed by atoms with E-state index in [1.807, 2.05) is 13.8 Å². The summed E-state index contributed by atoms with van der Waals surface area (Å²) in [7, 11) is 0. The third kappa shape index (κ3) is 11.1. The average Bonchev–Trinajstić information content (AvgIpc) is 2.44. The van der Waals surface area contributed by atoms with Gasteiger partial charge in [-0.1, -0.05) is 39.0 Å². The lowest BCUT2D eigenvalue weighted by atomic mass is 9.91. The fraction of sp³-hybridized carbons (Fsp3) is 1.00. The van der Waals surface area contributed by atoms with Crippen molar-refractivity contribution in [2.45, 2.75) is 91.3 Å². The maximum atomic E-state index is 5.75. The van der Waals surface area contributed by atoms with Crippen LogP contribution < -0.4 is 5.73 Å². The van der Waals surface area contributed by atoms with Crippen LogP contribution in [0.25, 0.3) is 0 Å². The van der Waals surface area contributed by atoms with Crippen LogP contribution in [0.5, 0.6) is 0 Å². The Morgan fingerprint density at radius 1 is 0.857 bits per heavy atom. The van der Waals surface area contributed by atoms with Crippen molar-refractivity contribution in [2.75, 3.05) is 19.8 Å². The Bertz CT molecular complexity index is 215. The van der Waals surface area contributed by atoms with Crippen molar-refractivity contribution in [1.82, 2.24) is 0 Å². The molecular formula is C18H39NO2. The zero-order chi connectivity index (χ0) is 16.0. The molecule has 0 aromatic rings. The van der Waals surface area contributed by atoms with E-state index in [0.29, 0.717) is 13.2 Å². The Labute approximate surface area is 133 Å². The second-order valence-corrected chi connectivity index (χ2v) is 6.18. The molecule has 3 nitrogen and oxygen atoms in total. The minimum absolute atomic E-state index is 0.383. The molecule has 2 N–H and O–H groups in total. The largest absolute Gasteiger partial charge is 0.351 e. The highest BCUT2D eigenvalue weighted by Crippen LogP contribution is 2.24. The summed E-state index contributed by atoms with van der Waals surface area (Å²) in [5.41, 5.74) is 5.63. The van der Waals surface area contributed by atoms with Crippen LogP contribution in [0.4, 0.5) is 0 Å². The highest BCUT2D eigenvalue weighted by molar-refractivity contribution is 4.65. The van der Waals surface area contributed by atoms with Crippen LogP contribution in [-0.4, -0.2) is 25.5 Å². The van der Waals surface area contributed by atoms with Gasteiger partial charge >= 0.3 is 0 Å². The summed E-state index contributed by atoms with van der Waals surface area (Å²) < 4.78 is 11.5. The van der Waals surface area contributed by atoms with E-state index in [2.05, 4.69) is 13.8 Å². The fourth-order valence-corrected chi connectivity index (χ4v) is 3.10. The van der Waals surface area contributed by atoms with Gasteiger partial charge in [0, 0.05) is 19.6 Å². The van der Waals surface area contributed by atoms with Gasteiger partial charge in [0.2, 0.25) is 0 Å². The van der Waals surface area contributed by atoms with Gasteiger partial charge in [0.25, 0.3) is 0 Å². The van der Waals surface area contributed by atoms with Crippen LogP contribution in [0, 0.1) is 5.92 Å². The average molecular weight is 302 g/mol. The minimum Gasteiger partial charge on any atom is -0.351 e. The Balaban J connectivity index is 3.84. The quantitative estimate of drug-likeness (QED) is 0.346. The van der Waals surface area contributed by atoms with Crippen LogP contribution in [0.15, 0.2) is 0 Å². The van der Waals surface area contributed by atoms with E-state index in [4.69, 9.17) is 15.2 Å². The van der Waals surface area contributed by atoms with E-state index in [0.717, 1.165) is 18.9 Å². The van der Waals surface area contributed by atoms with Gasteiger partial charge in [0.05, 0.1) is 0 Å². The number of nitrogens with two attached hydrogens (primary N) is 1. The first kappa shape index (κ1) is 20.9. The molecular weight excluding hydrogens is 262 g/mol. The molecule has 128 valence electrons. The maximum absolute atomic E-state index is 5.75. The first-order chi connectivity index (χ1) is 10.1. The van der Waals surface area contributed by atoms with E-state index in [1.165, 1.54) is 51.4 Å². The maximum Gasteiger partial charge on any atom is 0.165 e. The molecule has 1 unspecified atom stereocenters. The summed E-state index contributed by atoms with van der Waals surface area (Å²) in [4.78, 5) is 0. The molecule has 0 aliphatic heterocycles. The van der Waals surface area contributed by atoms with E-state index >= 15 is 0 Å². The Kier molecular flexibility index (Phi) is 13.5. The molecule has 0 rings (SSSR count). The number of rotatable bonds is 15. The molecule has 0 aromatic heterocycles. The summed E-state index contributed by atoms with van der Waals surface area (Å²) in [6.07, 6.45) is 11.3. The van der Waals surface area contributed by atoms with Crippen LogP contribution in [-0.2, 0) is 9.47 Å². The third-order valence-corrected chi connectivity index (χ3v) is 4.16. The number of hydrogen-bond acceptors (Lipinski definition) is 3. The van der Waals surface area contributed by atoms with Crippen molar-refractivity contribution in [3.05, 3.63) is 0 Å². The minimum atomic E-state index is -0.383. The second kappa shape index (κ2) is 13.5. The van der Waals surface area contributed by atoms with Crippen molar-refractivity contribution in [1.29, 1.82) is 0 Å². The monoisotopic (exact) mass is 301 g/mol. The molecule has 0 fully saturated rings. The summed E-state index contributed by atoms with van der Waals surface area (Å²) in [6, 6.07) is 0. The van der Waals surface area contributed by atoms with Gasteiger partial charge in [-0.05, 0) is 52.5 Å². The molecule has 0 saturated heterocycles. The molecule has 0 radical (unpaired) electrons. The van der Waals surface area contributed by atoms with E-state index < -0.39 is 0 Å². The summed E-state index contributed by atoms with van der Waals surface area (Å²) in [5, 5.41) is 0. The van der Waals surface area contributed by atoms with E-state index in [1.54, 1.807) is 0 Å². The standard InChI is InChI=1S/C18H39NO2/c1-5-12-17(14-11-16-19)13-9-8-10-15-18(4,20-6-2)21-7-3/h17H,5-16,19H2,1-4H3. The van der Waals surface area contributed by atoms with Crippen molar-refractivity contribution in [3.63, 3.8) is 0 Å². The lowest BCUT2D eigenvalue weighted by molar-refractivity contribution is -0.225. The summed E-state index contributed by atoms with van der Waals surface area (Å²) >= 11 is 0. The number of hydrogen-bond donors (Lipinski definition) is 1. The van der Waals surface area contributed by atoms with Crippen LogP contribution in [0.1, 0.15) is 85.5 Å². The van der Waals surface area contributed by atoms with Gasteiger partial charge in [-0.25, -0.2) is 0 Å². The highest BCUT2D eigenvalue weighted by atomic mass is 16.7. The molecule has 0 bridgehead atoms. The molecule has 21 heavy (non-hydrogen) atoms. The zero-order valence-corrected chi connectivity index (χ0v) is 15.0. The molecule has 0 saturated carbocycles. The van der Waals surface area contributed by atoms with E-state index in [9.17, 15) is 0 Å². The van der Waals surface area contributed by atoms with Gasteiger partial charge in [0.1, 0.15) is 0 Å². The lowest BCUT2D eigenvalue weighted by Gasteiger charge is -2.29. The van der Waals surface area contributed by atoms with Gasteiger partial charge in [-0.15, -0.1) is 0 Å². The van der Waals surface area contributed by atoms with Crippen LogP contribution in [0.3, 0.4) is 0 Å². The highest BCUT2D eigenvalue weighted by Gasteiger charge is 2.23. The van der Waals surface area contributed by atoms with Crippen molar-refractivity contribution in [3.8, 4) is 0 Å². The van der Waals surface area contributed by atoms with Crippen molar-refractivity contribution >= 4 is 0 Å². The first-order valence-corrected chi connectivity index (χ1v) is 9.09. The molecule has 3 heteroatoms. The third-order valence-electron chi connectivity index (χ3n) is 4.16. The van der Waals surface area contributed by atoms with Crippen molar-refractivity contribution in [2.24, 2.45) is 11.7 Å². The molecule has 0 aromatic carbocycles. The molecule has 0 spiro atoms. The first-order valence-electron chi connectivity index (χ1n) is 9.09. The summed E-state index contributed by atoms with van der Waals surface area (Å²) in [5.74, 6) is 0.495. The SMILES string of the molecule is CCCC(CCCN)CCCCCC(C)(OCC)OCC. The topological polar surface area (TPSA) is 44.5 Å². The van der Waals surface area contributed by atoms with Gasteiger partial charge < -0.3 is 15.2 Å². The van der Waals surface area contributed by atoms with Crippen LogP contribution >= 0.6 is 0 Å². The van der Waals surface area contributed by atoms with Gasteiger partial charge in [-0.3, -0.25) is 0 Å². The fourth-order valence-electron chi connectivity index (χ4n) is 3.10. The predicted molar refractivity (Wildman–Crippen MR) is 91.4 cm³/mol.